The number of ether oxygens (including phenoxy) is 1. The fourth-order valence-electron chi connectivity index (χ4n) is 12.5. The third-order valence-electron chi connectivity index (χ3n) is 15.8. The Labute approximate surface area is 292 Å². The van der Waals surface area contributed by atoms with Crippen LogP contribution in [0.1, 0.15) is 113 Å². The molecule has 0 radical (unpaired) electrons. The molecule has 4 fully saturated rings. The zero-order chi connectivity index (χ0) is 34.3. The maximum absolute atomic E-state index is 14.4. The number of aliphatic hydroxyl groups is 1. The predicted molar refractivity (Wildman–Crippen MR) is 189 cm³/mol. The molecule has 262 valence electrons. The van der Waals surface area contributed by atoms with Crippen molar-refractivity contribution in [3.05, 3.63) is 40.9 Å². The lowest BCUT2D eigenvalue weighted by Gasteiger charge is -2.71. The normalized spacial score (nSPS) is 41.6. The molecule has 0 spiro atoms. The summed E-state index contributed by atoms with van der Waals surface area (Å²) in [5.41, 5.74) is 2.41. The fraction of sp³-hybridized carbons (Fsp3) is 0.750. The number of nitrogens with zero attached hydrogens (tertiary/aromatic N) is 4. The topological polar surface area (TPSA) is 90.1 Å². The Bertz CT molecular complexity index is 1570. The molecule has 0 unspecified atom stereocenters. The third kappa shape index (κ3) is 4.90. The van der Waals surface area contributed by atoms with E-state index < -0.39 is 5.41 Å². The van der Waals surface area contributed by atoms with E-state index in [4.69, 9.17) is 16.3 Å². The van der Waals surface area contributed by atoms with Gasteiger partial charge in [-0.1, -0.05) is 71.7 Å². The average molecular weight is 677 g/mol. The molecule has 0 amide bonds. The minimum Gasteiger partial charge on any atom is -0.465 e. The second kappa shape index (κ2) is 11.9. The molecule has 10 atom stereocenters. The molecular formula is C40H57ClN4O3. The van der Waals surface area contributed by atoms with Crippen molar-refractivity contribution in [1.82, 2.24) is 20.2 Å². The minimum absolute atomic E-state index is 0.00908. The van der Waals surface area contributed by atoms with Crippen molar-refractivity contribution in [2.45, 2.75) is 125 Å². The van der Waals surface area contributed by atoms with Gasteiger partial charge in [-0.15, -0.1) is 5.10 Å². The van der Waals surface area contributed by atoms with E-state index in [0.29, 0.717) is 54.1 Å². The van der Waals surface area contributed by atoms with Crippen LogP contribution in [0.4, 0.5) is 0 Å². The Morgan fingerprint density at radius 1 is 0.979 bits per heavy atom. The van der Waals surface area contributed by atoms with Crippen LogP contribution in [0.25, 0.3) is 11.4 Å². The highest BCUT2D eigenvalue weighted by molar-refractivity contribution is 6.30. The quantitative estimate of drug-likeness (QED) is 0.187. The van der Waals surface area contributed by atoms with Crippen molar-refractivity contribution in [2.24, 2.45) is 56.7 Å². The van der Waals surface area contributed by atoms with Crippen molar-refractivity contribution in [1.29, 1.82) is 0 Å². The number of allylic oxidation sites excluding steroid dienone is 2. The second-order valence-electron chi connectivity index (χ2n) is 17.9. The Hall–Kier alpha value is -2.25. The Kier molecular flexibility index (Phi) is 8.50. The summed E-state index contributed by atoms with van der Waals surface area (Å²) in [6.07, 6.45) is 12.5. The number of aryl methyl sites for hydroxylation is 1. The van der Waals surface area contributed by atoms with Gasteiger partial charge in [-0.2, -0.15) is 0 Å². The second-order valence-corrected chi connectivity index (χ2v) is 18.3. The SMILES string of the molecule is C[C@H]1[C@H](C)CC[C@]2(C(=O)OCCCn3nnnc3-c3ccc(Cl)cc3)CC[C@]3(C)C(=CC[C@@H]4[C@@]5(C)CC[C@H](O)C(C)(C)[C@@H]5CC[C@]43C)[C@H]12. The van der Waals surface area contributed by atoms with Gasteiger partial charge < -0.3 is 9.84 Å². The lowest BCUT2D eigenvalue weighted by Crippen LogP contribution is -2.65. The van der Waals surface area contributed by atoms with Crippen molar-refractivity contribution < 1.29 is 14.6 Å². The average Bonchev–Trinajstić information content (AvgIpc) is 3.52. The van der Waals surface area contributed by atoms with E-state index in [1.165, 1.54) is 12.8 Å². The molecule has 1 aromatic carbocycles. The van der Waals surface area contributed by atoms with Crippen LogP contribution in [0, 0.1) is 56.7 Å². The summed E-state index contributed by atoms with van der Waals surface area (Å²) in [5.74, 6) is 3.04. The highest BCUT2D eigenvalue weighted by Crippen LogP contribution is 2.75. The van der Waals surface area contributed by atoms with Gasteiger partial charge in [0.05, 0.1) is 18.1 Å². The highest BCUT2D eigenvalue weighted by Gasteiger charge is 2.69. The smallest absolute Gasteiger partial charge is 0.312 e. The molecule has 8 heteroatoms. The molecule has 2 aromatic rings. The van der Waals surface area contributed by atoms with Gasteiger partial charge in [0.2, 0.25) is 0 Å². The van der Waals surface area contributed by atoms with Crippen LogP contribution in [0.3, 0.4) is 0 Å². The number of aliphatic hydroxyl groups excluding tert-OH is 1. The van der Waals surface area contributed by atoms with Gasteiger partial charge in [-0.3, -0.25) is 4.79 Å². The lowest BCUT2D eigenvalue weighted by atomic mass is 9.33. The largest absolute Gasteiger partial charge is 0.465 e. The Balaban J connectivity index is 1.12. The molecule has 0 aliphatic heterocycles. The van der Waals surface area contributed by atoms with Crippen molar-refractivity contribution in [3.8, 4) is 11.4 Å². The minimum atomic E-state index is -0.457. The highest BCUT2D eigenvalue weighted by atomic mass is 35.5. The maximum Gasteiger partial charge on any atom is 0.312 e. The van der Waals surface area contributed by atoms with Gasteiger partial charge >= 0.3 is 5.97 Å². The summed E-state index contributed by atoms with van der Waals surface area (Å²) in [5, 5.41) is 24.1. The molecule has 48 heavy (non-hydrogen) atoms. The van der Waals surface area contributed by atoms with Gasteiger partial charge in [0.25, 0.3) is 0 Å². The third-order valence-corrected chi connectivity index (χ3v) is 16.0. The summed E-state index contributed by atoms with van der Waals surface area (Å²) in [4.78, 5) is 14.4. The monoisotopic (exact) mass is 676 g/mol. The molecular weight excluding hydrogens is 620 g/mol. The first kappa shape index (κ1) is 34.2. The lowest BCUT2D eigenvalue weighted by molar-refractivity contribution is -0.207. The number of halogens is 1. The standard InChI is InChI=1S/C40H57ClN4O3/c1-25-15-20-40(35(47)48-24-8-23-45-34(42-43-44-45)27-9-11-28(41)12-10-27)22-21-38(6)29(33(40)26(25)2)13-14-31-37(5)18-17-32(46)36(3,4)30(37)16-19-39(31,38)7/h9-13,25-26,30-33,46H,8,14-24H2,1-7H3/t25-,26+,30+,31-,32+,33+,37+,38-,39-,40+/m1/s1. The zero-order valence-electron chi connectivity index (χ0n) is 30.3. The van der Waals surface area contributed by atoms with Crippen LogP contribution in [0.2, 0.25) is 5.02 Å². The number of esters is 1. The van der Waals surface area contributed by atoms with E-state index in [2.05, 4.69) is 70.1 Å². The first-order chi connectivity index (χ1) is 22.7. The molecule has 0 bridgehead atoms. The number of aromatic nitrogens is 4. The number of benzene rings is 1. The van der Waals surface area contributed by atoms with E-state index >= 15 is 0 Å². The van der Waals surface area contributed by atoms with Crippen LogP contribution in [0.15, 0.2) is 35.9 Å². The Morgan fingerprint density at radius 3 is 2.48 bits per heavy atom. The summed E-state index contributed by atoms with van der Waals surface area (Å²) in [6, 6.07) is 7.51. The van der Waals surface area contributed by atoms with Crippen molar-refractivity contribution in [2.75, 3.05) is 6.61 Å². The van der Waals surface area contributed by atoms with Crippen molar-refractivity contribution in [3.63, 3.8) is 0 Å². The van der Waals surface area contributed by atoms with Gasteiger partial charge in [0.1, 0.15) is 0 Å². The van der Waals surface area contributed by atoms with Crippen LogP contribution in [0.5, 0.6) is 0 Å². The number of carbonyl (C=O) groups is 1. The van der Waals surface area contributed by atoms with E-state index in [0.717, 1.165) is 50.5 Å². The number of hydrogen-bond acceptors (Lipinski definition) is 6. The van der Waals surface area contributed by atoms with E-state index in [9.17, 15) is 9.90 Å². The fourth-order valence-corrected chi connectivity index (χ4v) is 12.6. The molecule has 1 heterocycles. The van der Waals surface area contributed by atoms with Gasteiger partial charge in [-0.25, -0.2) is 4.68 Å². The van der Waals surface area contributed by atoms with E-state index in [1.807, 2.05) is 24.3 Å². The van der Waals surface area contributed by atoms with Gasteiger partial charge in [-0.05, 0) is 144 Å². The van der Waals surface area contributed by atoms with Crippen molar-refractivity contribution >= 4 is 17.6 Å². The summed E-state index contributed by atoms with van der Waals surface area (Å²) < 4.78 is 8.04. The summed E-state index contributed by atoms with van der Waals surface area (Å²) >= 11 is 6.08. The molecule has 0 saturated heterocycles. The zero-order valence-corrected chi connectivity index (χ0v) is 31.0. The molecule has 1 N–H and O–H groups in total. The first-order valence-electron chi connectivity index (χ1n) is 18.8. The molecule has 5 aliphatic rings. The van der Waals surface area contributed by atoms with Crippen LogP contribution in [-0.4, -0.2) is 44.0 Å². The summed E-state index contributed by atoms with van der Waals surface area (Å²) in [7, 11) is 0. The predicted octanol–water partition coefficient (Wildman–Crippen LogP) is 8.95. The van der Waals surface area contributed by atoms with Crippen LogP contribution < -0.4 is 0 Å². The number of rotatable bonds is 6. The number of hydrogen-bond donors (Lipinski definition) is 1. The maximum atomic E-state index is 14.4. The number of fused-ring (bicyclic) bond motifs is 7. The first-order valence-corrected chi connectivity index (χ1v) is 19.1. The van der Waals surface area contributed by atoms with E-state index in [-0.39, 0.29) is 39.7 Å². The Morgan fingerprint density at radius 2 is 1.73 bits per heavy atom. The van der Waals surface area contributed by atoms with Crippen LogP contribution >= 0.6 is 11.6 Å². The molecule has 7 nitrogen and oxygen atoms in total. The van der Waals surface area contributed by atoms with Gasteiger partial charge in [0.15, 0.2) is 5.82 Å². The molecule has 7 rings (SSSR count). The van der Waals surface area contributed by atoms with E-state index in [1.54, 1.807) is 10.3 Å². The van der Waals surface area contributed by atoms with Gasteiger partial charge in [0, 0.05) is 23.6 Å². The molecule has 1 aromatic heterocycles. The molecule has 5 aliphatic carbocycles. The summed E-state index contributed by atoms with van der Waals surface area (Å²) in [6.45, 7) is 18.1. The number of tetrazole rings is 1. The number of carbonyl (C=O) groups excluding carboxylic acids is 1. The molecule has 4 saturated carbocycles. The van der Waals surface area contributed by atoms with Crippen LogP contribution in [-0.2, 0) is 16.1 Å².